The van der Waals surface area contributed by atoms with Gasteiger partial charge in [-0.2, -0.15) is 0 Å². The van der Waals surface area contributed by atoms with Crippen LogP contribution in [-0.2, 0) is 16.1 Å². The third-order valence-electron chi connectivity index (χ3n) is 5.11. The molecule has 1 aromatic heterocycles. The van der Waals surface area contributed by atoms with Crippen LogP contribution in [0.4, 0.5) is 4.79 Å². The molecule has 1 saturated carbocycles. The first kappa shape index (κ1) is 18.6. The van der Waals surface area contributed by atoms with Gasteiger partial charge in [0.25, 0.3) is 0 Å². The normalized spacial score (nSPS) is 22.1. The monoisotopic (exact) mass is 410 g/mol. The summed E-state index contributed by atoms with van der Waals surface area (Å²) in [5.41, 5.74) is 0.898. The average molecular weight is 411 g/mol. The zero-order valence-corrected chi connectivity index (χ0v) is 16.8. The second-order valence-electron chi connectivity index (χ2n) is 8.20. The Morgan fingerprint density at radius 2 is 2.08 bits per heavy atom. The summed E-state index contributed by atoms with van der Waals surface area (Å²) in [5, 5.41) is 0. The molecule has 1 aliphatic heterocycles. The predicted octanol–water partition coefficient (Wildman–Crippen LogP) is 4.40. The van der Waals surface area contributed by atoms with E-state index in [2.05, 4.69) is 20.9 Å². The molecule has 0 N–H and O–H groups in total. The molecule has 138 valence electrons. The van der Waals surface area contributed by atoms with Gasteiger partial charge in [-0.25, -0.2) is 9.78 Å². The quantitative estimate of drug-likeness (QED) is 0.690. The lowest BCUT2D eigenvalue weighted by Crippen LogP contribution is -2.42. The molecule has 6 heteroatoms. The molecule has 1 atom stereocenters. The minimum atomic E-state index is -0.428. The summed E-state index contributed by atoms with van der Waals surface area (Å²) in [6, 6.07) is 5.87. The number of pyridine rings is 1. The zero-order valence-electron chi connectivity index (χ0n) is 15.3. The number of piperidine rings is 1. The van der Waals surface area contributed by atoms with E-state index in [-0.39, 0.29) is 6.09 Å². The fourth-order valence-electron chi connectivity index (χ4n) is 3.58. The smallest absolute Gasteiger partial charge is 0.410 e. The van der Waals surface area contributed by atoms with Crippen LogP contribution in [0.25, 0.3) is 0 Å². The van der Waals surface area contributed by atoms with Crippen LogP contribution in [-0.4, -0.2) is 41.3 Å². The van der Waals surface area contributed by atoms with Crippen molar-refractivity contribution in [1.29, 1.82) is 0 Å². The van der Waals surface area contributed by atoms with Gasteiger partial charge in [0.05, 0.1) is 18.9 Å². The molecule has 0 unspecified atom stereocenters. The fraction of sp³-hybridized carbons (Fsp3) is 0.684. The van der Waals surface area contributed by atoms with Crippen molar-refractivity contribution in [3.05, 3.63) is 28.5 Å². The molecule has 1 amide bonds. The first-order valence-electron chi connectivity index (χ1n) is 8.95. The van der Waals surface area contributed by atoms with Gasteiger partial charge in [-0.1, -0.05) is 6.07 Å². The van der Waals surface area contributed by atoms with Crippen LogP contribution in [0.2, 0.25) is 0 Å². The van der Waals surface area contributed by atoms with Gasteiger partial charge in [0.2, 0.25) is 0 Å². The summed E-state index contributed by atoms with van der Waals surface area (Å²) in [6.45, 7) is 8.63. The van der Waals surface area contributed by atoms with E-state index in [1.54, 1.807) is 0 Å². The zero-order chi connectivity index (χ0) is 18.1. The first-order valence-corrected chi connectivity index (χ1v) is 9.74. The second-order valence-corrected chi connectivity index (χ2v) is 9.01. The van der Waals surface area contributed by atoms with Crippen molar-refractivity contribution < 1.29 is 14.3 Å². The van der Waals surface area contributed by atoms with Gasteiger partial charge in [-0.15, -0.1) is 0 Å². The number of carbonyl (C=O) groups is 1. The lowest BCUT2D eigenvalue weighted by atomic mass is 9.91. The summed E-state index contributed by atoms with van der Waals surface area (Å²) in [4.78, 5) is 18.4. The van der Waals surface area contributed by atoms with E-state index >= 15 is 0 Å². The standard InChI is InChI=1S/C19H27BrN2O3/c1-18(2,3)25-17(23)22-9-7-19(8-10-22)11-14(19)12-24-13-15-5-4-6-16(20)21-15/h4-6,14H,7-13H2,1-3H3/t14-/m0/s1. The number of likely N-dealkylation sites (tertiary alicyclic amines) is 1. The Kier molecular flexibility index (Phi) is 5.40. The molecule has 2 fully saturated rings. The molecule has 1 spiro atoms. The van der Waals surface area contributed by atoms with Gasteiger partial charge in [0.1, 0.15) is 10.2 Å². The largest absolute Gasteiger partial charge is 0.444 e. The molecule has 25 heavy (non-hydrogen) atoms. The Bertz CT molecular complexity index is 621. The maximum absolute atomic E-state index is 12.2. The van der Waals surface area contributed by atoms with E-state index in [0.29, 0.717) is 17.9 Å². The Morgan fingerprint density at radius 1 is 1.36 bits per heavy atom. The number of hydrogen-bond acceptors (Lipinski definition) is 4. The highest BCUT2D eigenvalue weighted by molar-refractivity contribution is 9.10. The average Bonchev–Trinajstić information content (AvgIpc) is 3.18. The molecule has 1 aromatic rings. The fourth-order valence-corrected chi connectivity index (χ4v) is 3.96. The molecule has 0 radical (unpaired) electrons. The molecular formula is C19H27BrN2O3. The maximum Gasteiger partial charge on any atom is 0.410 e. The van der Waals surface area contributed by atoms with Gasteiger partial charge in [-0.3, -0.25) is 0 Å². The Morgan fingerprint density at radius 3 is 2.72 bits per heavy atom. The van der Waals surface area contributed by atoms with Crippen LogP contribution in [0.5, 0.6) is 0 Å². The summed E-state index contributed by atoms with van der Waals surface area (Å²) in [6.07, 6.45) is 3.13. The second kappa shape index (κ2) is 7.23. The van der Waals surface area contributed by atoms with E-state index in [1.165, 1.54) is 6.42 Å². The molecular weight excluding hydrogens is 384 g/mol. The van der Waals surface area contributed by atoms with Crippen LogP contribution < -0.4 is 0 Å². The van der Waals surface area contributed by atoms with E-state index in [1.807, 2.05) is 43.9 Å². The highest BCUT2D eigenvalue weighted by Crippen LogP contribution is 2.59. The molecule has 1 saturated heterocycles. The van der Waals surface area contributed by atoms with E-state index in [9.17, 15) is 4.79 Å². The number of hydrogen-bond donors (Lipinski definition) is 0. The summed E-state index contributed by atoms with van der Waals surface area (Å²) in [5.74, 6) is 0.612. The molecule has 2 heterocycles. The molecule has 0 aromatic carbocycles. The van der Waals surface area contributed by atoms with Gasteiger partial charge in [0.15, 0.2) is 0 Å². The molecule has 2 aliphatic rings. The number of amides is 1. The van der Waals surface area contributed by atoms with Crippen LogP contribution >= 0.6 is 15.9 Å². The topological polar surface area (TPSA) is 51.7 Å². The van der Waals surface area contributed by atoms with Gasteiger partial charge >= 0.3 is 6.09 Å². The van der Waals surface area contributed by atoms with Crippen molar-refractivity contribution in [2.75, 3.05) is 19.7 Å². The van der Waals surface area contributed by atoms with Gasteiger partial charge in [0, 0.05) is 13.1 Å². The van der Waals surface area contributed by atoms with Crippen molar-refractivity contribution >= 4 is 22.0 Å². The highest BCUT2D eigenvalue weighted by Gasteiger charge is 2.55. The van der Waals surface area contributed by atoms with Gasteiger partial charge in [-0.05, 0) is 79.4 Å². The number of carbonyl (C=O) groups excluding carboxylic acids is 1. The van der Waals surface area contributed by atoms with Crippen molar-refractivity contribution in [3.63, 3.8) is 0 Å². The van der Waals surface area contributed by atoms with Crippen molar-refractivity contribution in [2.24, 2.45) is 11.3 Å². The summed E-state index contributed by atoms with van der Waals surface area (Å²) >= 11 is 3.38. The lowest BCUT2D eigenvalue weighted by Gasteiger charge is -2.34. The Balaban J connectivity index is 1.39. The third-order valence-corrected chi connectivity index (χ3v) is 5.55. The van der Waals surface area contributed by atoms with Gasteiger partial charge < -0.3 is 14.4 Å². The van der Waals surface area contributed by atoms with Crippen LogP contribution in [0.3, 0.4) is 0 Å². The Labute approximate surface area is 158 Å². The first-order chi connectivity index (χ1) is 11.8. The number of halogens is 1. The third kappa shape index (κ3) is 4.94. The number of rotatable bonds is 4. The maximum atomic E-state index is 12.2. The highest BCUT2D eigenvalue weighted by atomic mass is 79.9. The minimum Gasteiger partial charge on any atom is -0.444 e. The number of nitrogens with zero attached hydrogens (tertiary/aromatic N) is 2. The van der Waals surface area contributed by atoms with E-state index in [4.69, 9.17) is 9.47 Å². The summed E-state index contributed by atoms with van der Waals surface area (Å²) < 4.78 is 12.2. The number of aromatic nitrogens is 1. The Hall–Kier alpha value is -1.14. The molecule has 3 rings (SSSR count). The molecule has 5 nitrogen and oxygen atoms in total. The van der Waals surface area contributed by atoms with Crippen LogP contribution in [0.15, 0.2) is 22.8 Å². The SMILES string of the molecule is CC(C)(C)OC(=O)N1CCC2(CC1)C[C@H]2COCc1cccc(Br)n1. The minimum absolute atomic E-state index is 0.184. The van der Waals surface area contributed by atoms with Crippen molar-refractivity contribution in [3.8, 4) is 0 Å². The summed E-state index contributed by atoms with van der Waals surface area (Å²) in [7, 11) is 0. The van der Waals surface area contributed by atoms with Crippen LogP contribution in [0, 0.1) is 11.3 Å². The molecule has 0 bridgehead atoms. The van der Waals surface area contributed by atoms with Crippen molar-refractivity contribution in [2.45, 2.75) is 52.2 Å². The number of ether oxygens (including phenoxy) is 2. The van der Waals surface area contributed by atoms with Crippen LogP contribution in [0.1, 0.15) is 45.7 Å². The molecule has 1 aliphatic carbocycles. The van der Waals surface area contributed by atoms with E-state index < -0.39 is 5.60 Å². The van der Waals surface area contributed by atoms with Crippen molar-refractivity contribution in [1.82, 2.24) is 9.88 Å². The van der Waals surface area contributed by atoms with E-state index in [0.717, 1.165) is 42.8 Å². The lowest BCUT2D eigenvalue weighted by molar-refractivity contribution is 0.0150. The predicted molar refractivity (Wildman–Crippen MR) is 99.2 cm³/mol.